The molecule has 1 saturated carbocycles. The summed E-state index contributed by atoms with van der Waals surface area (Å²) >= 11 is 1.04. The van der Waals surface area contributed by atoms with E-state index >= 15 is 0 Å². The number of piperidine rings is 1. The van der Waals surface area contributed by atoms with Crippen molar-refractivity contribution in [2.24, 2.45) is 17.3 Å². The molecule has 2 aliphatic rings. The molecule has 0 aromatic carbocycles. The van der Waals surface area contributed by atoms with Crippen molar-refractivity contribution in [3.63, 3.8) is 0 Å². The Morgan fingerprint density at radius 3 is 2.29 bits per heavy atom. The van der Waals surface area contributed by atoms with Crippen LogP contribution in [0.15, 0.2) is 6.07 Å². The van der Waals surface area contributed by atoms with Crippen molar-refractivity contribution in [1.82, 2.24) is 4.90 Å². The maximum absolute atomic E-state index is 13.7. The van der Waals surface area contributed by atoms with Crippen LogP contribution in [-0.2, 0) is 9.59 Å². The number of carbonyl (C=O) groups excluding carboxylic acids is 2. The highest BCUT2D eigenvalue weighted by Crippen LogP contribution is 2.35. The van der Waals surface area contributed by atoms with Gasteiger partial charge in [-0.2, -0.15) is 0 Å². The first-order chi connectivity index (χ1) is 15.9. The lowest BCUT2D eigenvalue weighted by Crippen LogP contribution is -2.48. The van der Waals surface area contributed by atoms with Crippen molar-refractivity contribution in [3.8, 4) is 11.8 Å². The largest absolute Gasteiger partial charge is 0.477 e. The molecule has 0 radical (unpaired) electrons. The van der Waals surface area contributed by atoms with Gasteiger partial charge in [-0.3, -0.25) is 9.59 Å². The number of aliphatic hydroxyl groups is 1. The Hall–Kier alpha value is -2.37. The van der Waals surface area contributed by atoms with E-state index in [2.05, 4.69) is 18.8 Å². The summed E-state index contributed by atoms with van der Waals surface area (Å²) in [5.74, 6) is 4.95. The molecule has 1 aliphatic carbocycles. The Kier molecular flexibility index (Phi) is 8.43. The number of hydrogen-bond acceptors (Lipinski definition) is 5. The first-order valence-electron chi connectivity index (χ1n) is 12.1. The van der Waals surface area contributed by atoms with Crippen molar-refractivity contribution < 1.29 is 24.6 Å². The molecule has 2 amide bonds. The van der Waals surface area contributed by atoms with E-state index in [1.54, 1.807) is 11.0 Å². The second-order valence-corrected chi connectivity index (χ2v) is 11.7. The standard InChI is InChI=1S/C26H36N2O5S/c1-17-5-7-18(8-6-17)24(31)28(16-22(30)27-13-10-19(29)11-14-27)21-15-20(9-12-26(2,3)4)34-23(21)25(32)33/h15,17-19,29H,5-8,10-11,13-14,16H2,1-4H3,(H,32,33). The first-order valence-corrected chi connectivity index (χ1v) is 12.9. The molecule has 2 N–H and O–H groups in total. The molecule has 34 heavy (non-hydrogen) atoms. The van der Waals surface area contributed by atoms with Crippen LogP contribution in [0, 0.1) is 29.1 Å². The molecule has 186 valence electrons. The van der Waals surface area contributed by atoms with Gasteiger partial charge in [-0.05, 0) is 71.3 Å². The summed E-state index contributed by atoms with van der Waals surface area (Å²) in [5, 5.41) is 19.7. The van der Waals surface area contributed by atoms with E-state index in [0.29, 0.717) is 36.7 Å². The van der Waals surface area contributed by atoms with Crippen LogP contribution in [-0.4, -0.2) is 58.6 Å². The number of anilines is 1. The number of carboxylic acid groups (broad SMARTS) is 1. The number of aliphatic hydroxyl groups excluding tert-OH is 1. The Morgan fingerprint density at radius 2 is 1.74 bits per heavy atom. The number of thiophene rings is 1. The van der Waals surface area contributed by atoms with Gasteiger partial charge in [-0.1, -0.05) is 18.8 Å². The molecular formula is C26H36N2O5S. The maximum atomic E-state index is 13.7. The molecule has 0 bridgehead atoms. The number of carbonyl (C=O) groups is 3. The van der Waals surface area contributed by atoms with Crippen molar-refractivity contribution >= 4 is 34.8 Å². The normalized spacial score (nSPS) is 21.5. The molecule has 7 nitrogen and oxygen atoms in total. The highest BCUT2D eigenvalue weighted by atomic mass is 32.1. The first kappa shape index (κ1) is 26.2. The topological polar surface area (TPSA) is 98.2 Å². The molecule has 1 aromatic rings. The summed E-state index contributed by atoms with van der Waals surface area (Å²) in [7, 11) is 0. The zero-order chi connectivity index (χ0) is 25.0. The summed E-state index contributed by atoms with van der Waals surface area (Å²) in [6.45, 7) is 8.75. The monoisotopic (exact) mass is 488 g/mol. The highest BCUT2D eigenvalue weighted by Gasteiger charge is 2.34. The zero-order valence-electron chi connectivity index (χ0n) is 20.6. The van der Waals surface area contributed by atoms with E-state index in [-0.39, 0.29) is 40.3 Å². The van der Waals surface area contributed by atoms with Gasteiger partial charge >= 0.3 is 5.97 Å². The Balaban J connectivity index is 1.94. The van der Waals surface area contributed by atoms with Gasteiger partial charge in [0.2, 0.25) is 11.8 Å². The van der Waals surface area contributed by atoms with Gasteiger partial charge in [0.25, 0.3) is 0 Å². The Bertz CT molecular complexity index is 968. The lowest BCUT2D eigenvalue weighted by Gasteiger charge is -2.34. The van der Waals surface area contributed by atoms with Gasteiger partial charge in [0.05, 0.1) is 16.7 Å². The molecule has 1 aliphatic heterocycles. The molecule has 3 rings (SSSR count). The van der Waals surface area contributed by atoms with Crippen LogP contribution in [0.1, 0.15) is 80.8 Å². The number of amides is 2. The third kappa shape index (κ3) is 6.83. The maximum Gasteiger partial charge on any atom is 0.348 e. The van der Waals surface area contributed by atoms with Crippen LogP contribution in [0.4, 0.5) is 5.69 Å². The van der Waals surface area contributed by atoms with Gasteiger partial charge in [-0.25, -0.2) is 4.79 Å². The minimum Gasteiger partial charge on any atom is -0.477 e. The summed E-state index contributed by atoms with van der Waals surface area (Å²) < 4.78 is 0. The average Bonchev–Trinajstić information content (AvgIpc) is 3.20. The second-order valence-electron chi connectivity index (χ2n) is 10.6. The molecule has 8 heteroatoms. The second kappa shape index (κ2) is 10.9. The highest BCUT2D eigenvalue weighted by molar-refractivity contribution is 7.15. The van der Waals surface area contributed by atoms with Crippen LogP contribution in [0.3, 0.4) is 0 Å². The van der Waals surface area contributed by atoms with E-state index < -0.39 is 12.1 Å². The van der Waals surface area contributed by atoms with Crippen molar-refractivity contribution in [1.29, 1.82) is 0 Å². The molecular weight excluding hydrogens is 452 g/mol. The van der Waals surface area contributed by atoms with Gasteiger partial charge in [0.1, 0.15) is 11.4 Å². The number of likely N-dealkylation sites (tertiary alicyclic amines) is 1. The fraction of sp³-hybridized carbons (Fsp3) is 0.654. The molecule has 1 aromatic heterocycles. The van der Waals surface area contributed by atoms with E-state index in [4.69, 9.17) is 0 Å². The van der Waals surface area contributed by atoms with Crippen LogP contribution < -0.4 is 4.90 Å². The minimum atomic E-state index is -1.13. The van der Waals surface area contributed by atoms with E-state index in [1.807, 2.05) is 20.8 Å². The van der Waals surface area contributed by atoms with E-state index in [9.17, 15) is 24.6 Å². The van der Waals surface area contributed by atoms with Gasteiger partial charge < -0.3 is 20.0 Å². The molecule has 1 saturated heterocycles. The van der Waals surface area contributed by atoms with Crippen LogP contribution in [0.2, 0.25) is 0 Å². The lowest BCUT2D eigenvalue weighted by atomic mass is 9.82. The number of aromatic carboxylic acids is 1. The van der Waals surface area contributed by atoms with Gasteiger partial charge in [-0.15, -0.1) is 11.3 Å². The SMILES string of the molecule is CC1CCC(C(=O)N(CC(=O)N2CCC(O)CC2)c2cc(C#CC(C)(C)C)sc2C(=O)O)CC1. The van der Waals surface area contributed by atoms with E-state index in [0.717, 1.165) is 37.0 Å². The zero-order valence-corrected chi connectivity index (χ0v) is 21.4. The number of rotatable bonds is 5. The Labute approximate surface area is 206 Å². The van der Waals surface area contributed by atoms with E-state index in [1.165, 1.54) is 4.90 Å². The smallest absolute Gasteiger partial charge is 0.348 e. The Morgan fingerprint density at radius 1 is 1.12 bits per heavy atom. The summed E-state index contributed by atoms with van der Waals surface area (Å²) in [6.07, 6.45) is 3.97. The molecule has 2 fully saturated rings. The van der Waals surface area contributed by atoms with Gasteiger partial charge in [0, 0.05) is 24.4 Å². The molecule has 0 unspecified atom stereocenters. The number of nitrogens with zero attached hydrogens (tertiary/aromatic N) is 2. The van der Waals surface area contributed by atoms with Crippen molar-refractivity contribution in [2.75, 3.05) is 24.5 Å². The van der Waals surface area contributed by atoms with Crippen molar-refractivity contribution in [2.45, 2.75) is 72.3 Å². The van der Waals surface area contributed by atoms with Crippen molar-refractivity contribution in [3.05, 3.63) is 15.8 Å². The summed E-state index contributed by atoms with van der Waals surface area (Å²) in [6, 6.07) is 1.64. The summed E-state index contributed by atoms with van der Waals surface area (Å²) in [5.41, 5.74) is 0.00103. The van der Waals surface area contributed by atoms with Gasteiger partial charge in [0.15, 0.2) is 0 Å². The predicted octanol–water partition coefficient (Wildman–Crippen LogP) is 3.99. The predicted molar refractivity (Wildman–Crippen MR) is 133 cm³/mol. The molecule has 2 heterocycles. The fourth-order valence-corrected chi connectivity index (χ4v) is 5.26. The third-order valence-corrected chi connectivity index (χ3v) is 7.53. The number of hydrogen-bond donors (Lipinski definition) is 2. The van der Waals surface area contributed by atoms with Crippen LogP contribution >= 0.6 is 11.3 Å². The third-order valence-electron chi connectivity index (χ3n) is 6.50. The lowest BCUT2D eigenvalue weighted by molar-refractivity contribution is -0.134. The van der Waals surface area contributed by atoms with Crippen LogP contribution in [0.25, 0.3) is 0 Å². The fourth-order valence-electron chi connectivity index (χ4n) is 4.41. The molecule has 0 atom stereocenters. The average molecular weight is 489 g/mol. The number of carboxylic acids is 1. The molecule has 0 spiro atoms. The minimum absolute atomic E-state index is 0.0256. The van der Waals surface area contributed by atoms with Crippen LogP contribution in [0.5, 0.6) is 0 Å². The summed E-state index contributed by atoms with van der Waals surface area (Å²) in [4.78, 5) is 42.6. The quantitative estimate of drug-likeness (QED) is 0.611.